The average molecular weight is 486 g/mol. The summed E-state index contributed by atoms with van der Waals surface area (Å²) < 4.78 is 17.5. The van der Waals surface area contributed by atoms with Crippen molar-refractivity contribution in [3.63, 3.8) is 0 Å². The van der Waals surface area contributed by atoms with Gasteiger partial charge in [0.1, 0.15) is 34.8 Å². The van der Waals surface area contributed by atoms with E-state index in [4.69, 9.17) is 37.7 Å². The number of halogens is 1. The van der Waals surface area contributed by atoms with Gasteiger partial charge >= 0.3 is 0 Å². The highest BCUT2D eigenvalue weighted by molar-refractivity contribution is 8.26. The average Bonchev–Trinajstić information content (AvgIpc) is 3.38. The van der Waals surface area contributed by atoms with Crippen molar-refractivity contribution in [2.24, 2.45) is 0 Å². The van der Waals surface area contributed by atoms with Gasteiger partial charge in [0.15, 0.2) is 0 Å². The molecule has 1 aliphatic rings. The number of rotatable bonds is 8. The van der Waals surface area contributed by atoms with E-state index in [0.717, 1.165) is 16.9 Å². The molecule has 8 heteroatoms. The van der Waals surface area contributed by atoms with Crippen molar-refractivity contribution in [3.05, 3.63) is 87.7 Å². The van der Waals surface area contributed by atoms with Crippen LogP contribution in [0.2, 0.25) is 5.02 Å². The number of hydrogen-bond donors (Lipinski definition) is 0. The number of hydrogen-bond acceptors (Lipinski definition) is 6. The molecule has 2 heterocycles. The smallest absolute Gasteiger partial charge is 0.266 e. The fraction of sp³-hybridized carbons (Fsp3) is 0.167. The maximum absolute atomic E-state index is 12.9. The SMILES string of the molecule is Cc1ccc(OCCOc2ccc(Cl)cc2)c(/C=C2\SC(=S)N(Cc3ccco3)C2=O)c1. The predicted octanol–water partition coefficient (Wildman–Crippen LogP) is 6.10. The van der Waals surface area contributed by atoms with Gasteiger partial charge in [0.05, 0.1) is 17.7 Å². The van der Waals surface area contributed by atoms with Gasteiger partial charge in [0, 0.05) is 10.6 Å². The highest BCUT2D eigenvalue weighted by Gasteiger charge is 2.32. The Kier molecular flexibility index (Phi) is 7.19. The topological polar surface area (TPSA) is 51.9 Å². The summed E-state index contributed by atoms with van der Waals surface area (Å²) in [5, 5.41) is 0.660. The number of thiocarbonyl (C=S) groups is 1. The fourth-order valence-corrected chi connectivity index (χ4v) is 4.46. The van der Waals surface area contributed by atoms with Crippen LogP contribution in [0.15, 0.2) is 70.2 Å². The van der Waals surface area contributed by atoms with Gasteiger partial charge in [-0.2, -0.15) is 0 Å². The third kappa shape index (κ3) is 5.54. The molecule has 1 saturated heterocycles. The molecule has 5 nitrogen and oxygen atoms in total. The van der Waals surface area contributed by atoms with Gasteiger partial charge in [0.2, 0.25) is 0 Å². The number of carbonyl (C=O) groups excluding carboxylic acids is 1. The van der Waals surface area contributed by atoms with Crippen molar-refractivity contribution >= 4 is 51.9 Å². The molecule has 0 N–H and O–H groups in total. The Balaban J connectivity index is 1.43. The molecule has 1 fully saturated rings. The zero-order valence-corrected chi connectivity index (χ0v) is 19.6. The van der Waals surface area contributed by atoms with E-state index in [1.807, 2.05) is 49.4 Å². The molecule has 164 valence electrons. The van der Waals surface area contributed by atoms with E-state index >= 15 is 0 Å². The molecule has 0 aliphatic carbocycles. The van der Waals surface area contributed by atoms with Crippen molar-refractivity contribution in [1.82, 2.24) is 4.90 Å². The van der Waals surface area contributed by atoms with Gasteiger partial charge in [0.25, 0.3) is 5.91 Å². The first-order chi connectivity index (χ1) is 15.5. The quantitative estimate of drug-likeness (QED) is 0.218. The summed E-state index contributed by atoms with van der Waals surface area (Å²) in [6.07, 6.45) is 3.40. The zero-order chi connectivity index (χ0) is 22.5. The van der Waals surface area contributed by atoms with Crippen molar-refractivity contribution in [2.75, 3.05) is 13.2 Å². The maximum atomic E-state index is 12.9. The number of aryl methyl sites for hydroxylation is 1. The third-order valence-corrected chi connectivity index (χ3v) is 6.27. The first-order valence-electron chi connectivity index (χ1n) is 9.89. The van der Waals surface area contributed by atoms with E-state index in [9.17, 15) is 4.79 Å². The van der Waals surface area contributed by atoms with Gasteiger partial charge in [-0.15, -0.1) is 0 Å². The number of nitrogens with zero attached hydrogens (tertiary/aromatic N) is 1. The fourth-order valence-electron chi connectivity index (χ4n) is 3.09. The Hall–Kier alpha value is -2.74. The van der Waals surface area contributed by atoms with Crippen molar-refractivity contribution in [3.8, 4) is 11.5 Å². The lowest BCUT2D eigenvalue weighted by Gasteiger charge is -2.13. The summed E-state index contributed by atoms with van der Waals surface area (Å²) in [5.41, 5.74) is 1.88. The molecule has 32 heavy (non-hydrogen) atoms. The molecule has 0 saturated carbocycles. The second kappa shape index (κ2) is 10.3. The minimum atomic E-state index is -0.144. The summed E-state index contributed by atoms with van der Waals surface area (Å²) in [6, 6.07) is 16.6. The van der Waals surface area contributed by atoms with Crippen LogP contribution >= 0.6 is 35.6 Å². The number of amides is 1. The molecule has 1 aliphatic heterocycles. The summed E-state index contributed by atoms with van der Waals surface area (Å²) in [6.45, 7) is 3.04. The van der Waals surface area contributed by atoms with E-state index in [-0.39, 0.29) is 5.91 Å². The van der Waals surface area contributed by atoms with Crippen LogP contribution in [-0.4, -0.2) is 28.3 Å². The molecular formula is C24H20ClNO4S2. The number of ether oxygens (including phenoxy) is 2. The Morgan fingerprint density at radius 3 is 2.66 bits per heavy atom. The van der Waals surface area contributed by atoms with Crippen LogP contribution in [-0.2, 0) is 11.3 Å². The third-order valence-electron chi connectivity index (χ3n) is 4.64. The molecule has 0 atom stereocenters. The maximum Gasteiger partial charge on any atom is 0.266 e. The highest BCUT2D eigenvalue weighted by Crippen LogP contribution is 2.35. The Morgan fingerprint density at radius 2 is 1.91 bits per heavy atom. The van der Waals surface area contributed by atoms with Crippen LogP contribution in [0.5, 0.6) is 11.5 Å². The molecule has 0 bridgehead atoms. The summed E-state index contributed by atoms with van der Waals surface area (Å²) in [5.74, 6) is 1.94. The monoisotopic (exact) mass is 485 g/mol. The summed E-state index contributed by atoms with van der Waals surface area (Å²) in [7, 11) is 0. The Labute approximate surface area is 200 Å². The standard InChI is InChI=1S/C24H20ClNO4S2/c1-16-4-9-21(30-12-11-29-19-7-5-18(25)6-8-19)17(13-16)14-22-23(27)26(24(31)32-22)15-20-3-2-10-28-20/h2-10,13-14H,11-12,15H2,1H3/b22-14-. The van der Waals surface area contributed by atoms with Crippen molar-refractivity contribution < 1.29 is 18.7 Å². The second-order valence-electron chi connectivity index (χ2n) is 7.04. The number of furan rings is 1. The second-order valence-corrected chi connectivity index (χ2v) is 9.15. The molecule has 0 radical (unpaired) electrons. The molecule has 1 amide bonds. The normalized spacial score (nSPS) is 14.9. The Bertz CT molecular complexity index is 1140. The molecule has 4 rings (SSSR count). The lowest BCUT2D eigenvalue weighted by Crippen LogP contribution is -2.27. The molecule has 2 aromatic carbocycles. The number of thioether (sulfide) groups is 1. The van der Waals surface area contributed by atoms with Crippen LogP contribution in [0.3, 0.4) is 0 Å². The molecule has 0 spiro atoms. The lowest BCUT2D eigenvalue weighted by atomic mass is 10.1. The van der Waals surface area contributed by atoms with E-state index in [0.29, 0.717) is 45.5 Å². The number of carbonyl (C=O) groups is 1. The van der Waals surface area contributed by atoms with Crippen molar-refractivity contribution in [1.29, 1.82) is 0 Å². The summed E-state index contributed by atoms with van der Waals surface area (Å²) >= 11 is 12.6. The minimum Gasteiger partial charge on any atom is -0.490 e. The molecule has 0 unspecified atom stereocenters. The minimum absolute atomic E-state index is 0.144. The van der Waals surface area contributed by atoms with Gasteiger partial charge in [-0.25, -0.2) is 0 Å². The van der Waals surface area contributed by atoms with E-state index in [1.165, 1.54) is 11.8 Å². The molecule has 3 aromatic rings. The first-order valence-corrected chi connectivity index (χ1v) is 11.5. The van der Waals surface area contributed by atoms with Gasteiger partial charge in [-0.3, -0.25) is 9.69 Å². The zero-order valence-electron chi connectivity index (χ0n) is 17.2. The van der Waals surface area contributed by atoms with E-state index in [2.05, 4.69) is 0 Å². The molecule has 1 aromatic heterocycles. The van der Waals surface area contributed by atoms with Crippen LogP contribution in [0.1, 0.15) is 16.9 Å². The van der Waals surface area contributed by atoms with Crippen LogP contribution in [0.4, 0.5) is 0 Å². The first kappa shape index (κ1) is 22.5. The van der Waals surface area contributed by atoms with E-state index < -0.39 is 0 Å². The summed E-state index contributed by atoms with van der Waals surface area (Å²) in [4.78, 5) is 15.0. The van der Waals surface area contributed by atoms with Crippen LogP contribution < -0.4 is 9.47 Å². The van der Waals surface area contributed by atoms with Crippen LogP contribution in [0.25, 0.3) is 6.08 Å². The van der Waals surface area contributed by atoms with Gasteiger partial charge in [-0.05, 0) is 61.5 Å². The lowest BCUT2D eigenvalue weighted by molar-refractivity contribution is -0.122. The van der Waals surface area contributed by atoms with Gasteiger partial charge < -0.3 is 13.9 Å². The molecular weight excluding hydrogens is 466 g/mol. The predicted molar refractivity (Wildman–Crippen MR) is 131 cm³/mol. The Morgan fingerprint density at radius 1 is 1.12 bits per heavy atom. The van der Waals surface area contributed by atoms with Crippen LogP contribution in [0, 0.1) is 6.92 Å². The van der Waals surface area contributed by atoms with Gasteiger partial charge in [-0.1, -0.05) is 47.2 Å². The van der Waals surface area contributed by atoms with Crippen molar-refractivity contribution in [2.45, 2.75) is 13.5 Å². The van der Waals surface area contributed by atoms with E-state index in [1.54, 1.807) is 29.4 Å². The highest BCUT2D eigenvalue weighted by atomic mass is 35.5. The largest absolute Gasteiger partial charge is 0.490 e. The number of benzene rings is 2.